The Hall–Kier alpha value is -2.48. The number of anilines is 1. The van der Waals surface area contributed by atoms with E-state index in [2.05, 4.69) is 5.92 Å². The van der Waals surface area contributed by atoms with Gasteiger partial charge in [0.05, 0.1) is 6.42 Å². The molecule has 0 bridgehead atoms. The highest BCUT2D eigenvalue weighted by molar-refractivity contribution is 5.88. The number of benzene rings is 1. The molecule has 0 saturated heterocycles. The molecule has 0 heterocycles. The van der Waals surface area contributed by atoms with Crippen LogP contribution in [0.4, 0.5) is 10.5 Å². The Labute approximate surface area is 124 Å². The number of hydrogen-bond donors (Lipinski definition) is 1. The van der Waals surface area contributed by atoms with E-state index in [-0.39, 0.29) is 6.42 Å². The van der Waals surface area contributed by atoms with Crippen molar-refractivity contribution in [1.29, 1.82) is 0 Å². The first kappa shape index (κ1) is 16.6. The fraction of sp³-hybridized carbons (Fsp3) is 0.375. The van der Waals surface area contributed by atoms with Crippen LogP contribution in [-0.2, 0) is 16.0 Å². The zero-order chi connectivity index (χ0) is 16.2. The molecule has 112 valence electrons. The van der Waals surface area contributed by atoms with Gasteiger partial charge in [-0.25, -0.2) is 4.79 Å². The molecular weight excluding hydrogens is 270 g/mol. The summed E-state index contributed by atoms with van der Waals surface area (Å²) in [5.74, 6) is 1.49. The molecule has 0 aromatic heterocycles. The Morgan fingerprint density at radius 1 is 1.33 bits per heavy atom. The third-order valence-electron chi connectivity index (χ3n) is 2.55. The van der Waals surface area contributed by atoms with Gasteiger partial charge in [-0.15, -0.1) is 6.42 Å². The zero-order valence-electron chi connectivity index (χ0n) is 12.6. The predicted octanol–water partition coefficient (Wildman–Crippen LogP) is 2.67. The summed E-state index contributed by atoms with van der Waals surface area (Å²) in [4.78, 5) is 24.1. The number of nitrogens with zero attached hydrogens (tertiary/aromatic N) is 1. The number of carbonyl (C=O) groups excluding carboxylic acids is 1. The van der Waals surface area contributed by atoms with Gasteiger partial charge in [-0.3, -0.25) is 9.69 Å². The SMILES string of the molecule is C#Cc1cc(CC(=O)O)cc(N(C)C(=O)OC(C)(C)C)c1. The number of carboxylic acid groups (broad SMARTS) is 1. The number of ether oxygens (including phenoxy) is 1. The maximum Gasteiger partial charge on any atom is 0.414 e. The lowest BCUT2D eigenvalue weighted by Gasteiger charge is -2.25. The van der Waals surface area contributed by atoms with Crippen molar-refractivity contribution in [3.8, 4) is 12.3 Å². The topological polar surface area (TPSA) is 66.8 Å². The van der Waals surface area contributed by atoms with Gasteiger partial charge < -0.3 is 9.84 Å². The molecule has 1 N–H and O–H groups in total. The summed E-state index contributed by atoms with van der Waals surface area (Å²) in [6, 6.07) is 4.86. The van der Waals surface area contributed by atoms with Crippen molar-refractivity contribution in [2.24, 2.45) is 0 Å². The van der Waals surface area contributed by atoms with Crippen LogP contribution in [0.3, 0.4) is 0 Å². The largest absolute Gasteiger partial charge is 0.481 e. The number of amides is 1. The second-order valence-corrected chi connectivity index (χ2v) is 5.64. The molecule has 0 aliphatic carbocycles. The number of carbonyl (C=O) groups is 2. The first-order chi connectivity index (χ1) is 9.62. The van der Waals surface area contributed by atoms with Gasteiger partial charge in [0.15, 0.2) is 0 Å². The van der Waals surface area contributed by atoms with Gasteiger partial charge >= 0.3 is 12.1 Å². The van der Waals surface area contributed by atoms with Crippen molar-refractivity contribution >= 4 is 17.7 Å². The van der Waals surface area contributed by atoms with Crippen molar-refractivity contribution in [3.05, 3.63) is 29.3 Å². The highest BCUT2D eigenvalue weighted by atomic mass is 16.6. The van der Waals surface area contributed by atoms with Crippen LogP contribution in [0, 0.1) is 12.3 Å². The minimum absolute atomic E-state index is 0.162. The predicted molar refractivity (Wildman–Crippen MR) is 80.4 cm³/mol. The molecule has 21 heavy (non-hydrogen) atoms. The number of aliphatic carboxylic acids is 1. The molecule has 0 fully saturated rings. The molecule has 1 aromatic rings. The van der Waals surface area contributed by atoms with Gasteiger partial charge in [0.25, 0.3) is 0 Å². The molecule has 0 aliphatic heterocycles. The molecule has 0 spiro atoms. The molecule has 1 rings (SSSR count). The van der Waals surface area contributed by atoms with Crippen LogP contribution < -0.4 is 4.90 Å². The van der Waals surface area contributed by atoms with E-state index in [0.717, 1.165) is 0 Å². The minimum Gasteiger partial charge on any atom is -0.481 e. The van der Waals surface area contributed by atoms with Crippen LogP contribution in [0.1, 0.15) is 31.9 Å². The Balaban J connectivity index is 3.08. The van der Waals surface area contributed by atoms with Gasteiger partial charge in [0.1, 0.15) is 5.60 Å². The molecule has 5 heteroatoms. The van der Waals surface area contributed by atoms with E-state index in [9.17, 15) is 9.59 Å². The average Bonchev–Trinajstić information content (AvgIpc) is 2.34. The third kappa shape index (κ3) is 5.19. The van der Waals surface area contributed by atoms with E-state index in [4.69, 9.17) is 16.3 Å². The molecule has 0 radical (unpaired) electrons. The van der Waals surface area contributed by atoms with E-state index >= 15 is 0 Å². The first-order valence-corrected chi connectivity index (χ1v) is 6.41. The molecule has 0 unspecified atom stereocenters. The van der Waals surface area contributed by atoms with Crippen LogP contribution in [0.25, 0.3) is 0 Å². The quantitative estimate of drug-likeness (QED) is 0.869. The maximum atomic E-state index is 12.0. The summed E-state index contributed by atoms with van der Waals surface area (Å²) < 4.78 is 5.27. The summed E-state index contributed by atoms with van der Waals surface area (Å²) in [6.07, 6.45) is 4.67. The molecule has 1 amide bonds. The average molecular weight is 289 g/mol. The first-order valence-electron chi connectivity index (χ1n) is 6.41. The minimum atomic E-state index is -0.963. The molecule has 0 saturated carbocycles. The van der Waals surface area contributed by atoms with Crippen molar-refractivity contribution in [3.63, 3.8) is 0 Å². The van der Waals surface area contributed by atoms with Crippen LogP contribution >= 0.6 is 0 Å². The lowest BCUT2D eigenvalue weighted by molar-refractivity contribution is -0.136. The van der Waals surface area contributed by atoms with Crippen molar-refractivity contribution < 1.29 is 19.4 Å². The monoisotopic (exact) mass is 289 g/mol. The summed E-state index contributed by atoms with van der Waals surface area (Å²) >= 11 is 0. The number of rotatable bonds is 3. The number of terminal acetylenes is 1. The van der Waals surface area contributed by atoms with Crippen molar-refractivity contribution in [1.82, 2.24) is 0 Å². The van der Waals surface area contributed by atoms with Crippen molar-refractivity contribution in [2.45, 2.75) is 32.8 Å². The Morgan fingerprint density at radius 2 is 1.95 bits per heavy atom. The standard InChI is InChI=1S/C16H19NO4/c1-6-11-7-12(10-14(18)19)9-13(8-11)17(5)15(20)21-16(2,3)4/h1,7-9H,10H2,2-5H3,(H,18,19). The summed E-state index contributed by atoms with van der Waals surface area (Å²) in [5, 5.41) is 8.87. The van der Waals surface area contributed by atoms with Crippen molar-refractivity contribution in [2.75, 3.05) is 11.9 Å². The van der Waals surface area contributed by atoms with E-state index in [1.807, 2.05) is 0 Å². The highest BCUT2D eigenvalue weighted by Gasteiger charge is 2.21. The molecular formula is C16H19NO4. The Kier molecular flexibility index (Phi) is 4.98. The summed E-state index contributed by atoms with van der Waals surface area (Å²) in [6.45, 7) is 5.31. The molecule has 0 atom stereocenters. The number of hydrogen-bond acceptors (Lipinski definition) is 3. The highest BCUT2D eigenvalue weighted by Crippen LogP contribution is 2.21. The van der Waals surface area contributed by atoms with E-state index < -0.39 is 17.7 Å². The normalized spacial score (nSPS) is 10.6. The summed E-state index contributed by atoms with van der Waals surface area (Å²) in [5.41, 5.74) is 0.928. The second-order valence-electron chi connectivity index (χ2n) is 5.64. The van der Waals surface area contributed by atoms with Gasteiger partial charge in [-0.05, 0) is 44.5 Å². The Bertz CT molecular complexity index is 593. The lowest BCUT2D eigenvalue weighted by Crippen LogP contribution is -2.34. The van der Waals surface area contributed by atoms with Gasteiger partial charge in [0, 0.05) is 18.3 Å². The third-order valence-corrected chi connectivity index (χ3v) is 2.55. The van der Waals surface area contributed by atoms with Crippen LogP contribution in [0.2, 0.25) is 0 Å². The van der Waals surface area contributed by atoms with Crippen LogP contribution in [0.15, 0.2) is 18.2 Å². The van der Waals surface area contributed by atoms with E-state index in [0.29, 0.717) is 16.8 Å². The fourth-order valence-electron chi connectivity index (χ4n) is 1.66. The molecule has 1 aromatic carbocycles. The number of carboxylic acids is 1. The smallest absolute Gasteiger partial charge is 0.414 e. The van der Waals surface area contributed by atoms with Crippen LogP contribution in [-0.4, -0.2) is 29.8 Å². The summed E-state index contributed by atoms with van der Waals surface area (Å²) in [7, 11) is 1.55. The Morgan fingerprint density at radius 3 is 2.43 bits per heavy atom. The molecule has 5 nitrogen and oxygen atoms in total. The zero-order valence-corrected chi connectivity index (χ0v) is 12.6. The van der Waals surface area contributed by atoms with Crippen LogP contribution in [0.5, 0.6) is 0 Å². The van der Waals surface area contributed by atoms with Gasteiger partial charge in [-0.2, -0.15) is 0 Å². The van der Waals surface area contributed by atoms with Gasteiger partial charge in [-0.1, -0.05) is 5.92 Å². The van der Waals surface area contributed by atoms with E-state index in [1.54, 1.807) is 46.0 Å². The second kappa shape index (κ2) is 6.31. The fourth-order valence-corrected chi connectivity index (χ4v) is 1.66. The van der Waals surface area contributed by atoms with E-state index in [1.165, 1.54) is 4.90 Å². The lowest BCUT2D eigenvalue weighted by atomic mass is 10.1. The van der Waals surface area contributed by atoms with Gasteiger partial charge in [0.2, 0.25) is 0 Å². The maximum absolute atomic E-state index is 12.0. The molecule has 0 aliphatic rings.